The molecule has 2 aromatic rings. The highest BCUT2D eigenvalue weighted by Crippen LogP contribution is 2.27. The number of anilines is 1. The Hall–Kier alpha value is -1.43. The lowest BCUT2D eigenvalue weighted by atomic mass is 10.1. The number of nitrogens with zero attached hydrogens (tertiary/aromatic N) is 4. The van der Waals surface area contributed by atoms with E-state index in [2.05, 4.69) is 58.7 Å². The number of nitrogens with two attached hydrogens (primary N) is 1. The lowest BCUT2D eigenvalue weighted by Gasteiger charge is -2.10. The summed E-state index contributed by atoms with van der Waals surface area (Å²) in [5.41, 5.74) is 7.81. The van der Waals surface area contributed by atoms with Gasteiger partial charge < -0.3 is 5.73 Å². The molecule has 0 spiro atoms. The fourth-order valence-electron chi connectivity index (χ4n) is 1.90. The maximum atomic E-state index is 5.98. The highest BCUT2D eigenvalue weighted by molar-refractivity contribution is 9.10. The first kappa shape index (κ1) is 15.0. The van der Waals surface area contributed by atoms with Gasteiger partial charge in [0.1, 0.15) is 5.82 Å². The topological polar surface area (TPSA) is 69.6 Å². The van der Waals surface area contributed by atoms with Crippen molar-refractivity contribution in [2.45, 2.75) is 40.2 Å². The largest absolute Gasteiger partial charge is 0.383 e. The molecule has 0 saturated heterocycles. The highest BCUT2D eigenvalue weighted by atomic mass is 79.9. The molecule has 0 atom stereocenters. The Kier molecular flexibility index (Phi) is 4.42. The molecule has 108 valence electrons. The van der Waals surface area contributed by atoms with Crippen LogP contribution in [0.5, 0.6) is 0 Å². The van der Waals surface area contributed by atoms with E-state index in [0.717, 1.165) is 22.2 Å². The van der Waals surface area contributed by atoms with Gasteiger partial charge in [-0.2, -0.15) is 5.10 Å². The van der Waals surface area contributed by atoms with Crippen molar-refractivity contribution in [1.29, 1.82) is 0 Å². The second kappa shape index (κ2) is 5.91. The Bertz CT molecular complexity index is 604. The second-order valence-electron chi connectivity index (χ2n) is 5.59. The van der Waals surface area contributed by atoms with Crippen LogP contribution in [0.4, 0.5) is 5.82 Å². The number of hydrogen-bond acceptors (Lipinski definition) is 4. The summed E-state index contributed by atoms with van der Waals surface area (Å²) in [6.07, 6.45) is 4.59. The third-order valence-corrected chi connectivity index (χ3v) is 3.80. The van der Waals surface area contributed by atoms with E-state index in [9.17, 15) is 0 Å². The average molecular weight is 338 g/mol. The van der Waals surface area contributed by atoms with E-state index in [1.165, 1.54) is 0 Å². The minimum atomic E-state index is 0.312. The number of aromatic nitrogens is 4. The molecule has 2 heterocycles. The Balaban J connectivity index is 2.43. The number of hydrogen-bond donors (Lipinski definition) is 1. The van der Waals surface area contributed by atoms with Crippen molar-refractivity contribution in [3.05, 3.63) is 22.6 Å². The Morgan fingerprint density at radius 2 is 1.95 bits per heavy atom. The molecule has 2 N–H and O–H groups in total. The summed E-state index contributed by atoms with van der Waals surface area (Å²) in [7, 11) is 0. The maximum absolute atomic E-state index is 5.98. The van der Waals surface area contributed by atoms with Crippen molar-refractivity contribution in [3.8, 4) is 11.4 Å². The van der Waals surface area contributed by atoms with Crippen LogP contribution in [0.1, 0.15) is 39.4 Å². The second-order valence-corrected chi connectivity index (χ2v) is 6.39. The van der Waals surface area contributed by atoms with Crippen LogP contribution in [0, 0.1) is 5.92 Å². The molecule has 5 nitrogen and oxygen atoms in total. The van der Waals surface area contributed by atoms with E-state index in [0.29, 0.717) is 23.6 Å². The minimum absolute atomic E-state index is 0.312. The van der Waals surface area contributed by atoms with Gasteiger partial charge in [-0.15, -0.1) is 0 Å². The van der Waals surface area contributed by atoms with Gasteiger partial charge in [-0.05, 0) is 42.1 Å². The Labute approximate surface area is 127 Å². The third-order valence-electron chi connectivity index (χ3n) is 2.94. The zero-order valence-corrected chi connectivity index (χ0v) is 13.8. The molecule has 6 heteroatoms. The lowest BCUT2D eigenvalue weighted by molar-refractivity contribution is 0.532. The summed E-state index contributed by atoms with van der Waals surface area (Å²) < 4.78 is 2.69. The zero-order chi connectivity index (χ0) is 14.9. The van der Waals surface area contributed by atoms with Gasteiger partial charge in [0.2, 0.25) is 0 Å². The molecular formula is C14H20BrN5. The van der Waals surface area contributed by atoms with Gasteiger partial charge in [-0.25, -0.2) is 9.97 Å². The van der Waals surface area contributed by atoms with Crippen LogP contribution in [0.25, 0.3) is 11.4 Å². The summed E-state index contributed by atoms with van der Waals surface area (Å²) in [5.74, 6) is 1.61. The third kappa shape index (κ3) is 3.17. The Morgan fingerprint density at radius 1 is 1.25 bits per heavy atom. The van der Waals surface area contributed by atoms with E-state index in [1.54, 1.807) is 6.20 Å². The van der Waals surface area contributed by atoms with Gasteiger partial charge in [-0.3, -0.25) is 4.68 Å². The van der Waals surface area contributed by atoms with Crippen LogP contribution in [0.3, 0.4) is 0 Å². The molecule has 0 radical (unpaired) electrons. The zero-order valence-electron chi connectivity index (χ0n) is 12.3. The average Bonchev–Trinajstić information content (AvgIpc) is 2.83. The van der Waals surface area contributed by atoms with Gasteiger partial charge in [0.05, 0.1) is 21.9 Å². The number of nitrogen functional groups attached to an aromatic ring is 1. The maximum Gasteiger partial charge on any atom is 0.165 e. The van der Waals surface area contributed by atoms with Crippen molar-refractivity contribution in [2.24, 2.45) is 5.92 Å². The van der Waals surface area contributed by atoms with E-state index in [-0.39, 0.29) is 0 Å². The molecular weight excluding hydrogens is 318 g/mol. The highest BCUT2D eigenvalue weighted by Gasteiger charge is 2.14. The van der Waals surface area contributed by atoms with E-state index >= 15 is 0 Å². The summed E-state index contributed by atoms with van der Waals surface area (Å²) in [6, 6.07) is 0.312. The van der Waals surface area contributed by atoms with Crippen LogP contribution >= 0.6 is 15.9 Å². The first-order valence-corrected chi connectivity index (χ1v) is 7.54. The van der Waals surface area contributed by atoms with Crippen molar-refractivity contribution in [2.75, 3.05) is 5.73 Å². The summed E-state index contributed by atoms with van der Waals surface area (Å²) >= 11 is 3.47. The SMILES string of the molecule is CC(C)Cc1nc(-c2cnn(C(C)C)c2)nc(N)c1Br. The summed E-state index contributed by atoms with van der Waals surface area (Å²) in [5, 5.41) is 4.32. The molecule has 0 aliphatic heterocycles. The van der Waals surface area contributed by atoms with Crippen LogP contribution in [-0.4, -0.2) is 19.7 Å². The summed E-state index contributed by atoms with van der Waals surface area (Å²) in [4.78, 5) is 8.97. The van der Waals surface area contributed by atoms with Gasteiger partial charge in [0, 0.05) is 12.2 Å². The van der Waals surface area contributed by atoms with Crippen LogP contribution in [-0.2, 0) is 6.42 Å². The van der Waals surface area contributed by atoms with Gasteiger partial charge in [-0.1, -0.05) is 13.8 Å². The van der Waals surface area contributed by atoms with Crippen molar-refractivity contribution < 1.29 is 0 Å². The number of halogens is 1. The molecule has 20 heavy (non-hydrogen) atoms. The standard InChI is InChI=1S/C14H20BrN5/c1-8(2)5-11-12(15)13(16)19-14(18-11)10-6-17-20(7-10)9(3)4/h6-9H,5H2,1-4H3,(H2,16,18,19). The molecule has 0 unspecified atom stereocenters. The predicted octanol–water partition coefficient (Wildman–Crippen LogP) is 3.46. The summed E-state index contributed by atoms with van der Waals surface area (Å²) in [6.45, 7) is 8.47. The molecule has 0 bridgehead atoms. The molecule has 2 rings (SSSR count). The first-order valence-electron chi connectivity index (χ1n) is 6.75. The smallest absolute Gasteiger partial charge is 0.165 e. The van der Waals surface area contributed by atoms with E-state index in [4.69, 9.17) is 5.73 Å². The van der Waals surface area contributed by atoms with Crippen LogP contribution in [0.2, 0.25) is 0 Å². The molecule has 0 aliphatic rings. The van der Waals surface area contributed by atoms with Gasteiger partial charge in [0.15, 0.2) is 5.82 Å². The van der Waals surface area contributed by atoms with Crippen molar-refractivity contribution in [1.82, 2.24) is 19.7 Å². The molecule has 2 aromatic heterocycles. The van der Waals surface area contributed by atoms with E-state index < -0.39 is 0 Å². The normalized spacial score (nSPS) is 11.6. The predicted molar refractivity (Wildman–Crippen MR) is 84.3 cm³/mol. The van der Waals surface area contributed by atoms with Gasteiger partial charge >= 0.3 is 0 Å². The van der Waals surface area contributed by atoms with Gasteiger partial charge in [0.25, 0.3) is 0 Å². The fraction of sp³-hybridized carbons (Fsp3) is 0.500. The molecule has 0 aliphatic carbocycles. The lowest BCUT2D eigenvalue weighted by Crippen LogP contribution is -2.05. The quantitative estimate of drug-likeness (QED) is 0.927. The fourth-order valence-corrected chi connectivity index (χ4v) is 2.24. The number of rotatable bonds is 4. The van der Waals surface area contributed by atoms with Crippen LogP contribution in [0.15, 0.2) is 16.9 Å². The molecule has 0 amide bonds. The molecule has 0 fully saturated rings. The molecule has 0 saturated carbocycles. The van der Waals surface area contributed by atoms with Crippen molar-refractivity contribution in [3.63, 3.8) is 0 Å². The minimum Gasteiger partial charge on any atom is -0.383 e. The molecule has 0 aromatic carbocycles. The van der Waals surface area contributed by atoms with Crippen molar-refractivity contribution >= 4 is 21.7 Å². The van der Waals surface area contributed by atoms with E-state index in [1.807, 2.05) is 10.9 Å². The first-order chi connectivity index (χ1) is 9.38. The monoisotopic (exact) mass is 337 g/mol. The Morgan fingerprint density at radius 3 is 2.50 bits per heavy atom. The van der Waals surface area contributed by atoms with Crippen LogP contribution < -0.4 is 5.73 Å².